The van der Waals surface area contributed by atoms with E-state index in [2.05, 4.69) is 18.7 Å². The molecule has 1 aliphatic heterocycles. The maximum absolute atomic E-state index is 6.33. The number of ether oxygens (including phenoxy) is 1. The highest BCUT2D eigenvalue weighted by atomic mass is 16.5. The van der Waals surface area contributed by atoms with E-state index in [4.69, 9.17) is 10.5 Å². The Labute approximate surface area is 112 Å². The van der Waals surface area contributed by atoms with Crippen molar-refractivity contribution >= 4 is 0 Å². The van der Waals surface area contributed by atoms with Gasteiger partial charge in [-0.25, -0.2) is 0 Å². The molecule has 3 heteroatoms. The zero-order valence-electron chi connectivity index (χ0n) is 12.1. The van der Waals surface area contributed by atoms with E-state index in [1.807, 2.05) is 0 Å². The van der Waals surface area contributed by atoms with Crippen LogP contribution < -0.4 is 5.73 Å². The van der Waals surface area contributed by atoms with Crippen LogP contribution in [0.25, 0.3) is 0 Å². The summed E-state index contributed by atoms with van der Waals surface area (Å²) in [5, 5.41) is 0. The largest absolute Gasteiger partial charge is 0.376 e. The fourth-order valence-corrected chi connectivity index (χ4v) is 3.65. The summed E-state index contributed by atoms with van der Waals surface area (Å²) in [5.74, 6) is 1.64. The molecule has 0 aromatic rings. The number of hydrogen-bond acceptors (Lipinski definition) is 3. The number of nitrogens with two attached hydrogens (primary N) is 1. The molecule has 0 radical (unpaired) electrons. The molecule has 2 fully saturated rings. The Morgan fingerprint density at radius 1 is 1.33 bits per heavy atom. The minimum atomic E-state index is 0.394. The Morgan fingerprint density at radius 2 is 2.17 bits per heavy atom. The summed E-state index contributed by atoms with van der Waals surface area (Å²) in [6.07, 6.45) is 7.04. The summed E-state index contributed by atoms with van der Waals surface area (Å²) in [6.45, 7) is 8.73. The van der Waals surface area contributed by atoms with Gasteiger partial charge >= 0.3 is 0 Å². The van der Waals surface area contributed by atoms with Gasteiger partial charge in [-0.05, 0) is 38.0 Å². The molecule has 0 bridgehead atoms. The highest BCUT2D eigenvalue weighted by Crippen LogP contribution is 2.32. The highest BCUT2D eigenvalue weighted by Gasteiger charge is 2.30. The molecule has 3 nitrogen and oxygen atoms in total. The topological polar surface area (TPSA) is 38.5 Å². The molecule has 2 rings (SSSR count). The third kappa shape index (κ3) is 3.94. The van der Waals surface area contributed by atoms with E-state index in [1.165, 1.54) is 38.6 Å². The molecule has 1 saturated heterocycles. The van der Waals surface area contributed by atoms with Gasteiger partial charge in [0.15, 0.2) is 0 Å². The lowest BCUT2D eigenvalue weighted by Crippen LogP contribution is -2.48. The zero-order valence-corrected chi connectivity index (χ0v) is 12.1. The lowest BCUT2D eigenvalue weighted by atomic mass is 9.76. The summed E-state index contributed by atoms with van der Waals surface area (Å²) in [6, 6.07) is 0.427. The van der Waals surface area contributed by atoms with Crippen LogP contribution in [0.5, 0.6) is 0 Å². The first-order valence-corrected chi connectivity index (χ1v) is 7.78. The minimum Gasteiger partial charge on any atom is -0.376 e. The molecule has 0 amide bonds. The predicted molar refractivity (Wildman–Crippen MR) is 75.6 cm³/mol. The van der Waals surface area contributed by atoms with Crippen molar-refractivity contribution in [2.75, 3.05) is 26.2 Å². The summed E-state index contributed by atoms with van der Waals surface area (Å²) < 4.78 is 5.61. The number of hydrogen-bond donors (Lipinski definition) is 1. The van der Waals surface area contributed by atoms with Crippen molar-refractivity contribution in [3.63, 3.8) is 0 Å². The monoisotopic (exact) mass is 254 g/mol. The van der Waals surface area contributed by atoms with Gasteiger partial charge in [0.2, 0.25) is 0 Å². The molecule has 0 aromatic heterocycles. The molecule has 1 heterocycles. The molecule has 0 aromatic carbocycles. The van der Waals surface area contributed by atoms with Gasteiger partial charge in [-0.1, -0.05) is 19.8 Å². The van der Waals surface area contributed by atoms with E-state index in [1.54, 1.807) is 0 Å². The minimum absolute atomic E-state index is 0.394. The maximum Gasteiger partial charge on any atom is 0.0674 e. The first kappa shape index (κ1) is 14.3. The zero-order chi connectivity index (χ0) is 13.0. The van der Waals surface area contributed by atoms with Gasteiger partial charge in [0.05, 0.1) is 12.7 Å². The van der Waals surface area contributed by atoms with Crippen LogP contribution in [0.4, 0.5) is 0 Å². The fourth-order valence-electron chi connectivity index (χ4n) is 3.65. The summed E-state index contributed by atoms with van der Waals surface area (Å²) in [5.41, 5.74) is 6.33. The van der Waals surface area contributed by atoms with Crippen molar-refractivity contribution in [3.05, 3.63) is 0 Å². The van der Waals surface area contributed by atoms with Crippen LogP contribution in [-0.2, 0) is 4.74 Å². The van der Waals surface area contributed by atoms with Crippen molar-refractivity contribution in [1.29, 1.82) is 0 Å². The first-order chi connectivity index (χ1) is 8.69. The Balaban J connectivity index is 1.82. The Hall–Kier alpha value is -0.120. The second-order valence-electron chi connectivity index (χ2n) is 6.33. The lowest BCUT2D eigenvalue weighted by Gasteiger charge is -2.39. The van der Waals surface area contributed by atoms with Gasteiger partial charge in [0.1, 0.15) is 0 Å². The molecule has 1 aliphatic carbocycles. The third-order valence-electron chi connectivity index (χ3n) is 4.66. The van der Waals surface area contributed by atoms with Crippen LogP contribution in [0.3, 0.4) is 0 Å². The predicted octanol–water partition coefficient (Wildman–Crippen LogP) is 2.25. The maximum atomic E-state index is 6.33. The SMILES string of the molecule is CCCC1CCC(N)C(CN2CCOC(C)C2)C1. The van der Waals surface area contributed by atoms with Gasteiger partial charge in [0, 0.05) is 25.7 Å². The molecule has 2 aliphatic rings. The second kappa shape index (κ2) is 6.88. The lowest BCUT2D eigenvalue weighted by molar-refractivity contribution is -0.0271. The van der Waals surface area contributed by atoms with Crippen molar-refractivity contribution in [3.8, 4) is 0 Å². The standard InChI is InChI=1S/C15H30N2O/c1-3-4-13-5-6-15(16)14(9-13)11-17-7-8-18-12(2)10-17/h12-15H,3-11,16H2,1-2H3. The molecule has 1 saturated carbocycles. The molecule has 0 spiro atoms. The molecular weight excluding hydrogens is 224 g/mol. The van der Waals surface area contributed by atoms with E-state index in [0.29, 0.717) is 18.1 Å². The van der Waals surface area contributed by atoms with Gasteiger partial charge in [-0.2, -0.15) is 0 Å². The van der Waals surface area contributed by atoms with Gasteiger partial charge < -0.3 is 10.5 Å². The second-order valence-corrected chi connectivity index (χ2v) is 6.33. The van der Waals surface area contributed by atoms with E-state index in [9.17, 15) is 0 Å². The quantitative estimate of drug-likeness (QED) is 0.836. The molecular formula is C15H30N2O. The van der Waals surface area contributed by atoms with E-state index < -0.39 is 0 Å². The summed E-state index contributed by atoms with van der Waals surface area (Å²) >= 11 is 0. The van der Waals surface area contributed by atoms with Crippen molar-refractivity contribution in [2.24, 2.45) is 17.6 Å². The molecule has 4 unspecified atom stereocenters. The molecule has 4 atom stereocenters. The fraction of sp³-hybridized carbons (Fsp3) is 1.00. The summed E-state index contributed by atoms with van der Waals surface area (Å²) in [7, 11) is 0. The molecule has 18 heavy (non-hydrogen) atoms. The average Bonchev–Trinajstić information content (AvgIpc) is 2.34. The Kier molecular flexibility index (Phi) is 5.46. The third-order valence-corrected chi connectivity index (χ3v) is 4.66. The van der Waals surface area contributed by atoms with Crippen molar-refractivity contribution < 1.29 is 4.74 Å². The van der Waals surface area contributed by atoms with Crippen LogP contribution in [0, 0.1) is 11.8 Å². The number of rotatable bonds is 4. The normalized spacial score (nSPS) is 38.8. The Bertz CT molecular complexity index is 247. The average molecular weight is 254 g/mol. The van der Waals surface area contributed by atoms with E-state index in [-0.39, 0.29) is 0 Å². The highest BCUT2D eigenvalue weighted by molar-refractivity contribution is 4.85. The van der Waals surface area contributed by atoms with E-state index in [0.717, 1.165) is 25.6 Å². The Morgan fingerprint density at radius 3 is 2.89 bits per heavy atom. The first-order valence-electron chi connectivity index (χ1n) is 7.78. The van der Waals surface area contributed by atoms with Crippen LogP contribution in [0.15, 0.2) is 0 Å². The molecule has 2 N–H and O–H groups in total. The van der Waals surface area contributed by atoms with Gasteiger partial charge in [-0.3, -0.25) is 4.90 Å². The number of nitrogens with zero attached hydrogens (tertiary/aromatic N) is 1. The van der Waals surface area contributed by atoms with Gasteiger partial charge in [0.25, 0.3) is 0 Å². The van der Waals surface area contributed by atoms with Crippen molar-refractivity contribution in [2.45, 2.75) is 58.1 Å². The van der Waals surface area contributed by atoms with Crippen LogP contribution in [-0.4, -0.2) is 43.3 Å². The van der Waals surface area contributed by atoms with E-state index >= 15 is 0 Å². The van der Waals surface area contributed by atoms with Gasteiger partial charge in [-0.15, -0.1) is 0 Å². The van der Waals surface area contributed by atoms with Crippen LogP contribution in [0.1, 0.15) is 46.0 Å². The summed E-state index contributed by atoms with van der Waals surface area (Å²) in [4.78, 5) is 2.56. The number of morpholine rings is 1. The smallest absolute Gasteiger partial charge is 0.0674 e. The van der Waals surface area contributed by atoms with Crippen LogP contribution >= 0.6 is 0 Å². The van der Waals surface area contributed by atoms with Crippen LogP contribution in [0.2, 0.25) is 0 Å². The molecule has 106 valence electrons. The van der Waals surface area contributed by atoms with Crippen molar-refractivity contribution in [1.82, 2.24) is 4.90 Å².